The topological polar surface area (TPSA) is 41.5 Å². The molecule has 0 heterocycles. The lowest BCUT2D eigenvalue weighted by atomic mass is 10.2. The van der Waals surface area contributed by atoms with Gasteiger partial charge in [-0.05, 0) is 24.6 Å². The van der Waals surface area contributed by atoms with E-state index in [1.165, 1.54) is 10.5 Å². The number of hydrogen-bond donors (Lipinski definition) is 2. The molecule has 0 spiro atoms. The molecule has 1 aromatic carbocycles. The van der Waals surface area contributed by atoms with Crippen molar-refractivity contribution in [3.05, 3.63) is 29.8 Å². The first-order chi connectivity index (χ1) is 8.63. The lowest BCUT2D eigenvalue weighted by Crippen LogP contribution is -2.18. The summed E-state index contributed by atoms with van der Waals surface area (Å²) in [5.41, 5.74) is 1.26. The molecule has 4 heteroatoms. The Hall–Kier alpha value is -0.550. The maximum absolute atomic E-state index is 9.50. The minimum Gasteiger partial charge on any atom is -0.392 e. The molecule has 2 unspecified atom stereocenters. The van der Waals surface area contributed by atoms with Crippen LogP contribution in [0, 0.1) is 0 Å². The van der Waals surface area contributed by atoms with Crippen LogP contribution < -0.4 is 5.32 Å². The minimum absolute atomic E-state index is 0.210. The third-order valence-electron chi connectivity index (χ3n) is 2.71. The molecular weight excluding hydrogens is 246 g/mol. The second kappa shape index (κ2) is 8.53. The van der Waals surface area contributed by atoms with Gasteiger partial charge in [-0.1, -0.05) is 19.1 Å². The van der Waals surface area contributed by atoms with E-state index < -0.39 is 0 Å². The number of benzene rings is 1. The fourth-order valence-electron chi connectivity index (χ4n) is 1.45. The highest BCUT2D eigenvalue weighted by Gasteiger charge is 2.10. The largest absolute Gasteiger partial charge is 0.392 e. The molecule has 2 N–H and O–H groups in total. The fraction of sp³-hybridized carbons (Fsp3) is 0.571. The summed E-state index contributed by atoms with van der Waals surface area (Å²) in [5, 5.41) is 13.0. The van der Waals surface area contributed by atoms with Crippen LogP contribution in [0.15, 0.2) is 29.2 Å². The Bertz CT molecular complexity index is 344. The second-order valence-electron chi connectivity index (χ2n) is 4.38. The summed E-state index contributed by atoms with van der Waals surface area (Å²) in [6.45, 7) is 6.30. The first kappa shape index (κ1) is 15.5. The van der Waals surface area contributed by atoms with Crippen LogP contribution in [-0.4, -0.2) is 36.7 Å². The minimum atomic E-state index is -0.293. The van der Waals surface area contributed by atoms with Gasteiger partial charge < -0.3 is 15.2 Å². The van der Waals surface area contributed by atoms with Crippen molar-refractivity contribution in [3.8, 4) is 0 Å². The summed E-state index contributed by atoms with van der Waals surface area (Å²) in [7, 11) is 1.70. The predicted molar refractivity (Wildman–Crippen MR) is 77.0 cm³/mol. The van der Waals surface area contributed by atoms with Crippen LogP contribution in [0.3, 0.4) is 0 Å². The smallest absolute Gasteiger partial charge is 0.0631 e. The van der Waals surface area contributed by atoms with Crippen LogP contribution >= 0.6 is 11.8 Å². The van der Waals surface area contributed by atoms with Gasteiger partial charge in [-0.3, -0.25) is 0 Å². The molecule has 1 rings (SSSR count). The average molecular weight is 269 g/mol. The summed E-state index contributed by atoms with van der Waals surface area (Å²) in [6.07, 6.45) is -0.293. The molecule has 0 aromatic heterocycles. The molecule has 0 aliphatic rings. The van der Waals surface area contributed by atoms with Crippen LogP contribution in [0.5, 0.6) is 0 Å². The lowest BCUT2D eigenvalue weighted by Gasteiger charge is -2.14. The van der Waals surface area contributed by atoms with Gasteiger partial charge in [0.25, 0.3) is 0 Å². The van der Waals surface area contributed by atoms with Gasteiger partial charge in [0, 0.05) is 30.3 Å². The van der Waals surface area contributed by atoms with E-state index in [9.17, 15) is 5.11 Å². The molecule has 0 aliphatic heterocycles. The van der Waals surface area contributed by atoms with Crippen molar-refractivity contribution >= 4 is 11.8 Å². The molecular formula is C14H23NO2S. The third kappa shape index (κ3) is 5.87. The van der Waals surface area contributed by atoms with E-state index in [0.717, 1.165) is 19.7 Å². The summed E-state index contributed by atoms with van der Waals surface area (Å²) in [4.78, 5) is 1.20. The Morgan fingerprint density at radius 1 is 1.39 bits per heavy atom. The predicted octanol–water partition coefficient (Wildman–Crippen LogP) is 2.28. The van der Waals surface area contributed by atoms with Crippen molar-refractivity contribution in [1.29, 1.82) is 0 Å². The average Bonchev–Trinajstić information content (AvgIpc) is 2.35. The number of hydrogen-bond acceptors (Lipinski definition) is 4. The number of ether oxygens (including phenoxy) is 1. The summed E-state index contributed by atoms with van der Waals surface area (Å²) >= 11 is 1.71. The molecule has 0 amide bonds. The molecule has 18 heavy (non-hydrogen) atoms. The van der Waals surface area contributed by atoms with Crippen molar-refractivity contribution in [1.82, 2.24) is 5.32 Å². The number of aliphatic hydroxyl groups excluding tert-OH is 1. The maximum Gasteiger partial charge on any atom is 0.0631 e. The Morgan fingerprint density at radius 2 is 2.17 bits per heavy atom. The number of nitrogens with one attached hydrogen (secondary N) is 1. The van der Waals surface area contributed by atoms with Gasteiger partial charge in [0.2, 0.25) is 0 Å². The quantitative estimate of drug-likeness (QED) is 0.561. The standard InChI is InChI=1S/C14H23NO2S/c1-11(16)12(2)18-14-6-4-5-13(9-14)10-15-7-8-17-3/h4-6,9,11-12,15-16H,7-8,10H2,1-3H3. The Labute approximate surface area is 114 Å². The normalized spacial score (nSPS) is 14.4. The van der Waals surface area contributed by atoms with E-state index in [2.05, 4.69) is 29.6 Å². The molecule has 102 valence electrons. The molecule has 1 aromatic rings. The Balaban J connectivity index is 2.46. The highest BCUT2D eigenvalue weighted by atomic mass is 32.2. The van der Waals surface area contributed by atoms with Gasteiger partial charge >= 0.3 is 0 Å². The highest BCUT2D eigenvalue weighted by molar-refractivity contribution is 8.00. The van der Waals surface area contributed by atoms with E-state index in [4.69, 9.17) is 4.74 Å². The monoisotopic (exact) mass is 269 g/mol. The Kier molecular flexibility index (Phi) is 7.35. The van der Waals surface area contributed by atoms with Crippen molar-refractivity contribution in [2.24, 2.45) is 0 Å². The first-order valence-corrected chi connectivity index (χ1v) is 7.14. The Morgan fingerprint density at radius 3 is 2.83 bits per heavy atom. The molecule has 0 saturated heterocycles. The fourth-order valence-corrected chi connectivity index (χ4v) is 2.45. The van der Waals surface area contributed by atoms with E-state index in [-0.39, 0.29) is 11.4 Å². The maximum atomic E-state index is 9.50. The van der Waals surface area contributed by atoms with Gasteiger partial charge in [-0.25, -0.2) is 0 Å². The van der Waals surface area contributed by atoms with E-state index in [1.54, 1.807) is 18.9 Å². The van der Waals surface area contributed by atoms with Crippen LogP contribution in [0.4, 0.5) is 0 Å². The van der Waals surface area contributed by atoms with Crippen molar-refractivity contribution in [2.45, 2.75) is 36.6 Å². The summed E-state index contributed by atoms with van der Waals surface area (Å²) < 4.78 is 4.99. The zero-order valence-corrected chi connectivity index (χ0v) is 12.2. The van der Waals surface area contributed by atoms with E-state index in [0.29, 0.717) is 0 Å². The van der Waals surface area contributed by atoms with Crippen molar-refractivity contribution < 1.29 is 9.84 Å². The number of thioether (sulfide) groups is 1. The molecule has 0 fully saturated rings. The van der Waals surface area contributed by atoms with Crippen molar-refractivity contribution in [3.63, 3.8) is 0 Å². The second-order valence-corrected chi connectivity index (χ2v) is 5.83. The van der Waals surface area contributed by atoms with Gasteiger partial charge in [-0.2, -0.15) is 0 Å². The molecule has 2 atom stereocenters. The first-order valence-electron chi connectivity index (χ1n) is 6.27. The van der Waals surface area contributed by atoms with Gasteiger partial charge in [0.15, 0.2) is 0 Å². The lowest BCUT2D eigenvalue weighted by molar-refractivity contribution is 0.196. The molecule has 0 radical (unpaired) electrons. The van der Waals surface area contributed by atoms with E-state index >= 15 is 0 Å². The summed E-state index contributed by atoms with van der Waals surface area (Å²) in [5.74, 6) is 0. The van der Waals surface area contributed by atoms with E-state index in [1.807, 2.05) is 13.8 Å². The highest BCUT2D eigenvalue weighted by Crippen LogP contribution is 2.25. The number of methoxy groups -OCH3 is 1. The van der Waals surface area contributed by atoms with Crippen LogP contribution in [0.25, 0.3) is 0 Å². The molecule has 0 aliphatic carbocycles. The van der Waals surface area contributed by atoms with Gasteiger partial charge in [0.05, 0.1) is 12.7 Å². The van der Waals surface area contributed by atoms with Crippen LogP contribution in [0.2, 0.25) is 0 Å². The van der Waals surface area contributed by atoms with Gasteiger partial charge in [0.1, 0.15) is 0 Å². The number of aliphatic hydroxyl groups is 1. The van der Waals surface area contributed by atoms with Crippen LogP contribution in [-0.2, 0) is 11.3 Å². The van der Waals surface area contributed by atoms with Crippen LogP contribution in [0.1, 0.15) is 19.4 Å². The summed E-state index contributed by atoms with van der Waals surface area (Å²) in [6, 6.07) is 8.42. The van der Waals surface area contributed by atoms with Gasteiger partial charge in [-0.15, -0.1) is 11.8 Å². The third-order valence-corrected chi connectivity index (χ3v) is 4.00. The molecule has 0 saturated carbocycles. The SMILES string of the molecule is COCCNCc1cccc(SC(C)C(C)O)c1. The zero-order chi connectivity index (χ0) is 13.4. The zero-order valence-electron chi connectivity index (χ0n) is 11.3. The number of rotatable bonds is 8. The molecule has 0 bridgehead atoms. The molecule has 3 nitrogen and oxygen atoms in total. The van der Waals surface area contributed by atoms with Crippen molar-refractivity contribution in [2.75, 3.05) is 20.3 Å².